The van der Waals surface area contributed by atoms with Crippen molar-refractivity contribution < 1.29 is 9.53 Å². The number of nitrogens with zero attached hydrogens (tertiary/aromatic N) is 4. The maximum Gasteiger partial charge on any atom is 0.223 e. The van der Waals surface area contributed by atoms with Crippen molar-refractivity contribution in [3.8, 4) is 0 Å². The molecule has 0 aromatic carbocycles. The summed E-state index contributed by atoms with van der Waals surface area (Å²) in [5, 5.41) is 7.49. The average Bonchev–Trinajstić information content (AvgIpc) is 3.07. The SMILES string of the molecule is O=C(CCN1CCOC(Cn2cccn2)C1)N1CCNCC1. The Bertz CT molecular complexity index is 459. The minimum absolute atomic E-state index is 0.155. The smallest absolute Gasteiger partial charge is 0.223 e. The van der Waals surface area contributed by atoms with Crippen molar-refractivity contribution in [2.24, 2.45) is 0 Å². The summed E-state index contributed by atoms with van der Waals surface area (Å²) < 4.78 is 7.70. The number of carbonyl (C=O) groups excluding carboxylic acids is 1. The van der Waals surface area contributed by atoms with Crippen LogP contribution in [0.4, 0.5) is 0 Å². The largest absolute Gasteiger partial charge is 0.374 e. The Labute approximate surface area is 131 Å². The van der Waals surface area contributed by atoms with Gasteiger partial charge in [0.15, 0.2) is 0 Å². The molecule has 2 fully saturated rings. The molecule has 22 heavy (non-hydrogen) atoms. The van der Waals surface area contributed by atoms with Crippen LogP contribution in [0, 0.1) is 0 Å². The Morgan fingerprint density at radius 3 is 2.95 bits per heavy atom. The van der Waals surface area contributed by atoms with Crippen LogP contribution in [0.15, 0.2) is 18.5 Å². The quantitative estimate of drug-likeness (QED) is 0.787. The Morgan fingerprint density at radius 1 is 1.32 bits per heavy atom. The summed E-state index contributed by atoms with van der Waals surface area (Å²) in [7, 11) is 0. The van der Waals surface area contributed by atoms with Crippen molar-refractivity contribution in [2.75, 3.05) is 52.4 Å². The standard InChI is InChI=1S/C15H25N5O2/c21-15(19-8-4-16-5-9-19)2-7-18-10-11-22-14(12-18)13-20-6-1-3-17-20/h1,3,6,14,16H,2,4-5,7-13H2. The van der Waals surface area contributed by atoms with Gasteiger partial charge in [-0.15, -0.1) is 0 Å². The van der Waals surface area contributed by atoms with Crippen molar-refractivity contribution in [3.05, 3.63) is 18.5 Å². The van der Waals surface area contributed by atoms with Gasteiger partial charge < -0.3 is 15.0 Å². The number of hydrogen-bond acceptors (Lipinski definition) is 5. The van der Waals surface area contributed by atoms with Crippen LogP contribution < -0.4 is 5.32 Å². The molecule has 1 unspecified atom stereocenters. The third-order valence-corrected chi connectivity index (χ3v) is 4.28. The fourth-order valence-corrected chi connectivity index (χ4v) is 3.04. The number of amides is 1. The number of piperazine rings is 1. The molecule has 0 radical (unpaired) electrons. The first kappa shape index (κ1) is 15.5. The lowest BCUT2D eigenvalue weighted by Gasteiger charge is -2.33. The van der Waals surface area contributed by atoms with Crippen LogP contribution in [0.25, 0.3) is 0 Å². The monoisotopic (exact) mass is 307 g/mol. The molecule has 2 aliphatic rings. The second kappa shape index (κ2) is 7.71. The van der Waals surface area contributed by atoms with Gasteiger partial charge in [0.05, 0.1) is 19.3 Å². The normalized spacial score (nSPS) is 23.6. The van der Waals surface area contributed by atoms with Crippen LogP contribution in [0.2, 0.25) is 0 Å². The molecule has 1 aromatic rings. The van der Waals surface area contributed by atoms with E-state index in [1.54, 1.807) is 6.20 Å². The van der Waals surface area contributed by atoms with Crippen molar-refractivity contribution in [1.82, 2.24) is 24.9 Å². The molecule has 122 valence electrons. The van der Waals surface area contributed by atoms with E-state index in [4.69, 9.17) is 4.74 Å². The number of morpholine rings is 1. The second-order valence-corrected chi connectivity index (χ2v) is 5.90. The summed E-state index contributed by atoms with van der Waals surface area (Å²) in [6.45, 7) is 7.60. The lowest BCUT2D eigenvalue weighted by molar-refractivity contribution is -0.132. The van der Waals surface area contributed by atoms with E-state index in [2.05, 4.69) is 15.3 Å². The summed E-state index contributed by atoms with van der Waals surface area (Å²) in [6.07, 6.45) is 4.50. The van der Waals surface area contributed by atoms with Crippen LogP contribution in [0.3, 0.4) is 0 Å². The molecular weight excluding hydrogens is 282 g/mol. The van der Waals surface area contributed by atoms with E-state index in [0.29, 0.717) is 6.42 Å². The van der Waals surface area contributed by atoms with Gasteiger partial charge in [0, 0.05) is 64.6 Å². The Morgan fingerprint density at radius 2 is 2.18 bits per heavy atom. The highest BCUT2D eigenvalue weighted by Crippen LogP contribution is 2.09. The molecule has 0 bridgehead atoms. The molecule has 0 aliphatic carbocycles. The summed E-state index contributed by atoms with van der Waals surface area (Å²) in [4.78, 5) is 16.5. The molecule has 7 nitrogen and oxygen atoms in total. The molecule has 1 atom stereocenters. The zero-order valence-corrected chi connectivity index (χ0v) is 13.0. The lowest BCUT2D eigenvalue weighted by atomic mass is 10.2. The van der Waals surface area contributed by atoms with E-state index in [1.165, 1.54) is 0 Å². The van der Waals surface area contributed by atoms with E-state index in [-0.39, 0.29) is 12.0 Å². The van der Waals surface area contributed by atoms with Crippen molar-refractivity contribution in [2.45, 2.75) is 19.1 Å². The molecule has 0 saturated carbocycles. The fourth-order valence-electron chi connectivity index (χ4n) is 3.04. The van der Waals surface area contributed by atoms with E-state index >= 15 is 0 Å². The van der Waals surface area contributed by atoms with Crippen molar-refractivity contribution in [3.63, 3.8) is 0 Å². The molecule has 3 heterocycles. The molecular formula is C15H25N5O2. The number of hydrogen-bond donors (Lipinski definition) is 1. The highest BCUT2D eigenvalue weighted by Gasteiger charge is 2.22. The van der Waals surface area contributed by atoms with Crippen LogP contribution >= 0.6 is 0 Å². The Hall–Kier alpha value is -1.44. The van der Waals surface area contributed by atoms with Crippen LogP contribution in [-0.4, -0.2) is 84.0 Å². The summed E-state index contributed by atoms with van der Waals surface area (Å²) >= 11 is 0. The van der Waals surface area contributed by atoms with Gasteiger partial charge in [-0.05, 0) is 6.07 Å². The zero-order chi connectivity index (χ0) is 15.2. The second-order valence-electron chi connectivity index (χ2n) is 5.90. The van der Waals surface area contributed by atoms with E-state index in [1.807, 2.05) is 21.8 Å². The Kier molecular flexibility index (Phi) is 5.42. The van der Waals surface area contributed by atoms with Gasteiger partial charge in [0.25, 0.3) is 0 Å². The summed E-state index contributed by atoms with van der Waals surface area (Å²) in [6, 6.07) is 1.92. The predicted molar refractivity (Wildman–Crippen MR) is 82.5 cm³/mol. The maximum atomic E-state index is 12.2. The first-order valence-corrected chi connectivity index (χ1v) is 8.11. The fraction of sp³-hybridized carbons (Fsp3) is 0.733. The molecule has 7 heteroatoms. The van der Waals surface area contributed by atoms with Gasteiger partial charge in [-0.25, -0.2) is 0 Å². The van der Waals surface area contributed by atoms with E-state index < -0.39 is 0 Å². The highest BCUT2D eigenvalue weighted by atomic mass is 16.5. The van der Waals surface area contributed by atoms with Gasteiger partial charge in [-0.1, -0.05) is 0 Å². The summed E-state index contributed by atoms with van der Waals surface area (Å²) in [5.41, 5.74) is 0. The van der Waals surface area contributed by atoms with Gasteiger partial charge >= 0.3 is 0 Å². The van der Waals surface area contributed by atoms with Gasteiger partial charge in [0.1, 0.15) is 0 Å². The average molecular weight is 307 g/mol. The van der Waals surface area contributed by atoms with Crippen LogP contribution in [0.5, 0.6) is 0 Å². The number of carbonyl (C=O) groups is 1. The summed E-state index contributed by atoms with van der Waals surface area (Å²) in [5.74, 6) is 0.275. The first-order chi connectivity index (χ1) is 10.8. The minimum atomic E-state index is 0.155. The van der Waals surface area contributed by atoms with E-state index in [9.17, 15) is 4.79 Å². The number of rotatable bonds is 5. The molecule has 1 amide bonds. The number of nitrogens with one attached hydrogen (secondary N) is 1. The molecule has 2 saturated heterocycles. The molecule has 3 rings (SSSR count). The third kappa shape index (κ3) is 4.28. The van der Waals surface area contributed by atoms with Gasteiger partial charge in [-0.2, -0.15) is 5.10 Å². The molecule has 2 aliphatic heterocycles. The highest BCUT2D eigenvalue weighted by molar-refractivity contribution is 5.76. The molecule has 0 spiro atoms. The van der Waals surface area contributed by atoms with Crippen molar-refractivity contribution in [1.29, 1.82) is 0 Å². The van der Waals surface area contributed by atoms with E-state index in [0.717, 1.165) is 59.0 Å². The predicted octanol–water partition coefficient (Wildman–Crippen LogP) is -0.594. The van der Waals surface area contributed by atoms with Gasteiger partial charge in [0.2, 0.25) is 5.91 Å². The lowest BCUT2D eigenvalue weighted by Crippen LogP contribution is -2.48. The third-order valence-electron chi connectivity index (χ3n) is 4.28. The Balaban J connectivity index is 1.41. The minimum Gasteiger partial charge on any atom is -0.374 e. The first-order valence-electron chi connectivity index (χ1n) is 8.11. The number of aromatic nitrogens is 2. The van der Waals surface area contributed by atoms with Gasteiger partial charge in [-0.3, -0.25) is 14.4 Å². The number of ether oxygens (including phenoxy) is 1. The van der Waals surface area contributed by atoms with Crippen molar-refractivity contribution >= 4 is 5.91 Å². The van der Waals surface area contributed by atoms with Crippen LogP contribution in [0.1, 0.15) is 6.42 Å². The zero-order valence-electron chi connectivity index (χ0n) is 13.0. The molecule has 1 N–H and O–H groups in total. The topological polar surface area (TPSA) is 62.6 Å². The maximum absolute atomic E-state index is 12.2. The van der Waals surface area contributed by atoms with Crippen LogP contribution in [-0.2, 0) is 16.1 Å². The molecule has 1 aromatic heterocycles.